The first-order chi connectivity index (χ1) is 8.27. The zero-order valence-corrected chi connectivity index (χ0v) is 12.0. The highest BCUT2D eigenvalue weighted by Crippen LogP contribution is 2.42. The molecule has 0 bridgehead atoms. The fraction of sp³-hybridized carbons (Fsp3) is 1.00. The van der Waals surface area contributed by atoms with Gasteiger partial charge in [-0.25, -0.2) is 0 Å². The van der Waals surface area contributed by atoms with E-state index < -0.39 is 0 Å². The summed E-state index contributed by atoms with van der Waals surface area (Å²) in [5, 5.41) is 0. The van der Waals surface area contributed by atoms with Crippen LogP contribution in [0.15, 0.2) is 0 Å². The van der Waals surface area contributed by atoms with E-state index in [0.717, 1.165) is 11.5 Å². The molecule has 0 radical (unpaired) electrons. The normalized spacial score (nSPS) is 29.8. The molecule has 0 aromatic rings. The summed E-state index contributed by atoms with van der Waals surface area (Å²) in [6, 6.07) is 0.976. The van der Waals surface area contributed by atoms with E-state index in [-0.39, 0.29) is 0 Å². The fourth-order valence-electron chi connectivity index (χ4n) is 3.53. The Morgan fingerprint density at radius 3 is 2.06 bits per heavy atom. The molecule has 100 valence electrons. The van der Waals surface area contributed by atoms with Crippen LogP contribution in [0.5, 0.6) is 0 Å². The molecular weight excluding hydrogens is 208 g/mol. The highest BCUT2D eigenvalue weighted by Gasteiger charge is 2.42. The molecule has 1 saturated carbocycles. The molecule has 1 spiro atoms. The summed E-state index contributed by atoms with van der Waals surface area (Å²) in [5.41, 5.74) is 0.724. The monoisotopic (exact) mass is 238 g/mol. The molecule has 3 aliphatic rings. The smallest absolute Gasteiger partial charge is 0.00955 e. The molecule has 0 aromatic heterocycles. The summed E-state index contributed by atoms with van der Waals surface area (Å²) in [4.78, 5) is 5.30. The van der Waals surface area contributed by atoms with Crippen molar-refractivity contribution in [2.75, 3.05) is 33.2 Å². The van der Waals surface area contributed by atoms with Crippen molar-refractivity contribution in [2.24, 2.45) is 5.41 Å². The lowest BCUT2D eigenvalue weighted by molar-refractivity contribution is 0.0973. The standard InChI is InChI=1S/C13H24N2.C2H6/c1-14-8-5-13(6-9-14)7-10-15(11-13)12-3-2-4-12;1-2/h12H,2-11H2,1H3;1-2H3. The Balaban J connectivity index is 0.000000514. The van der Waals surface area contributed by atoms with E-state index in [1.807, 2.05) is 13.8 Å². The fourth-order valence-corrected chi connectivity index (χ4v) is 3.53. The van der Waals surface area contributed by atoms with Crippen LogP contribution in [0.1, 0.15) is 52.4 Å². The average molecular weight is 238 g/mol. The number of hydrogen-bond acceptors (Lipinski definition) is 2. The summed E-state index contributed by atoms with van der Waals surface area (Å²) < 4.78 is 0. The lowest BCUT2D eigenvalue weighted by atomic mass is 9.78. The second kappa shape index (κ2) is 5.71. The van der Waals surface area contributed by atoms with Crippen molar-refractivity contribution in [3.05, 3.63) is 0 Å². The van der Waals surface area contributed by atoms with Gasteiger partial charge in [-0.2, -0.15) is 0 Å². The Morgan fingerprint density at radius 1 is 0.941 bits per heavy atom. The number of nitrogens with zero attached hydrogens (tertiary/aromatic N) is 2. The number of likely N-dealkylation sites (tertiary alicyclic amines) is 2. The molecule has 2 heteroatoms. The van der Waals surface area contributed by atoms with Crippen LogP contribution >= 0.6 is 0 Å². The third-order valence-corrected chi connectivity index (χ3v) is 5.11. The van der Waals surface area contributed by atoms with Crippen LogP contribution in [0.4, 0.5) is 0 Å². The van der Waals surface area contributed by atoms with Crippen LogP contribution < -0.4 is 0 Å². The lowest BCUT2D eigenvalue weighted by Crippen LogP contribution is -2.43. The molecule has 2 heterocycles. The van der Waals surface area contributed by atoms with E-state index in [1.54, 1.807) is 0 Å². The van der Waals surface area contributed by atoms with E-state index in [1.165, 1.54) is 64.7 Å². The van der Waals surface area contributed by atoms with Gasteiger partial charge >= 0.3 is 0 Å². The van der Waals surface area contributed by atoms with Crippen molar-refractivity contribution in [3.63, 3.8) is 0 Å². The van der Waals surface area contributed by atoms with E-state index in [2.05, 4.69) is 16.8 Å². The van der Waals surface area contributed by atoms with Crippen molar-refractivity contribution in [1.29, 1.82) is 0 Å². The molecule has 2 saturated heterocycles. The van der Waals surface area contributed by atoms with Crippen molar-refractivity contribution < 1.29 is 0 Å². The largest absolute Gasteiger partial charge is 0.306 e. The van der Waals surface area contributed by atoms with Gasteiger partial charge < -0.3 is 4.90 Å². The van der Waals surface area contributed by atoms with Crippen molar-refractivity contribution in [3.8, 4) is 0 Å². The Morgan fingerprint density at radius 2 is 1.53 bits per heavy atom. The third-order valence-electron chi connectivity index (χ3n) is 5.11. The highest BCUT2D eigenvalue weighted by atomic mass is 15.2. The maximum absolute atomic E-state index is 2.80. The van der Waals surface area contributed by atoms with Crippen LogP contribution in [0.3, 0.4) is 0 Å². The first-order valence-corrected chi connectivity index (χ1v) is 7.70. The van der Waals surface area contributed by atoms with Crippen LogP contribution in [0.2, 0.25) is 0 Å². The van der Waals surface area contributed by atoms with E-state index in [0.29, 0.717) is 0 Å². The van der Waals surface area contributed by atoms with E-state index >= 15 is 0 Å². The maximum Gasteiger partial charge on any atom is 0.00955 e. The van der Waals surface area contributed by atoms with Gasteiger partial charge in [0.2, 0.25) is 0 Å². The summed E-state index contributed by atoms with van der Waals surface area (Å²) in [5.74, 6) is 0. The topological polar surface area (TPSA) is 6.48 Å². The Kier molecular flexibility index (Phi) is 4.48. The van der Waals surface area contributed by atoms with Crippen LogP contribution in [-0.2, 0) is 0 Å². The quantitative estimate of drug-likeness (QED) is 0.693. The molecule has 0 unspecified atom stereocenters. The molecule has 0 N–H and O–H groups in total. The van der Waals surface area contributed by atoms with Gasteiger partial charge in [0, 0.05) is 12.6 Å². The van der Waals surface area contributed by atoms with Crippen LogP contribution in [-0.4, -0.2) is 49.1 Å². The molecule has 3 fully saturated rings. The van der Waals surface area contributed by atoms with Gasteiger partial charge in [0.25, 0.3) is 0 Å². The third kappa shape index (κ3) is 2.85. The van der Waals surface area contributed by atoms with Gasteiger partial charge in [-0.15, -0.1) is 0 Å². The minimum absolute atomic E-state index is 0.724. The summed E-state index contributed by atoms with van der Waals surface area (Å²) >= 11 is 0. The zero-order chi connectivity index (χ0) is 12.3. The van der Waals surface area contributed by atoms with Crippen LogP contribution in [0, 0.1) is 5.41 Å². The molecule has 3 rings (SSSR count). The number of piperidine rings is 1. The van der Waals surface area contributed by atoms with Crippen molar-refractivity contribution >= 4 is 0 Å². The van der Waals surface area contributed by atoms with Crippen molar-refractivity contribution in [2.45, 2.75) is 58.4 Å². The molecule has 2 aliphatic heterocycles. The SMILES string of the molecule is CC.CN1CCC2(CC1)CCN(C1CCC1)C2. The van der Waals surface area contributed by atoms with E-state index in [4.69, 9.17) is 0 Å². The first kappa shape index (κ1) is 13.4. The van der Waals surface area contributed by atoms with Gasteiger partial charge in [-0.1, -0.05) is 20.3 Å². The van der Waals surface area contributed by atoms with Gasteiger partial charge in [0.05, 0.1) is 0 Å². The van der Waals surface area contributed by atoms with Crippen molar-refractivity contribution in [1.82, 2.24) is 9.80 Å². The highest BCUT2D eigenvalue weighted by molar-refractivity contribution is 4.96. The zero-order valence-electron chi connectivity index (χ0n) is 12.0. The molecule has 0 amide bonds. The Bertz CT molecular complexity index is 227. The summed E-state index contributed by atoms with van der Waals surface area (Å²) in [6.45, 7) is 9.48. The molecular formula is C15H30N2. The minimum Gasteiger partial charge on any atom is -0.306 e. The Labute approximate surface area is 107 Å². The predicted molar refractivity (Wildman–Crippen MR) is 74.3 cm³/mol. The second-order valence-electron chi connectivity index (χ2n) is 6.11. The predicted octanol–water partition coefficient (Wildman–Crippen LogP) is 2.98. The van der Waals surface area contributed by atoms with Gasteiger partial charge in [-0.3, -0.25) is 4.90 Å². The summed E-state index contributed by atoms with van der Waals surface area (Å²) in [6.07, 6.45) is 8.83. The average Bonchev–Trinajstić information content (AvgIpc) is 2.68. The molecule has 2 nitrogen and oxygen atoms in total. The Hall–Kier alpha value is -0.0800. The molecule has 0 atom stereocenters. The molecule has 17 heavy (non-hydrogen) atoms. The summed E-state index contributed by atoms with van der Waals surface area (Å²) in [7, 11) is 2.27. The lowest BCUT2D eigenvalue weighted by Gasteiger charge is -2.40. The second-order valence-corrected chi connectivity index (χ2v) is 6.11. The molecule has 0 aromatic carbocycles. The van der Waals surface area contributed by atoms with Gasteiger partial charge in [-0.05, 0) is 64.2 Å². The van der Waals surface area contributed by atoms with Gasteiger partial charge in [0.1, 0.15) is 0 Å². The number of hydrogen-bond donors (Lipinski definition) is 0. The van der Waals surface area contributed by atoms with Crippen LogP contribution in [0.25, 0.3) is 0 Å². The first-order valence-electron chi connectivity index (χ1n) is 7.70. The maximum atomic E-state index is 2.80. The minimum atomic E-state index is 0.724. The molecule has 1 aliphatic carbocycles. The number of rotatable bonds is 1. The van der Waals surface area contributed by atoms with E-state index in [9.17, 15) is 0 Å². The van der Waals surface area contributed by atoms with Gasteiger partial charge in [0.15, 0.2) is 0 Å².